The second-order valence-corrected chi connectivity index (χ2v) is 12.4. The Bertz CT molecular complexity index is 1900. The van der Waals surface area contributed by atoms with E-state index in [0.29, 0.717) is 48.3 Å². The molecular formula is C33H30F3N5O3. The van der Waals surface area contributed by atoms with Gasteiger partial charge in [0, 0.05) is 36.7 Å². The average Bonchev–Trinajstić information content (AvgIpc) is 3.61. The van der Waals surface area contributed by atoms with E-state index in [4.69, 9.17) is 20.9 Å². The average molecular weight is 602 g/mol. The van der Waals surface area contributed by atoms with Crippen LogP contribution in [0.15, 0.2) is 24.4 Å². The minimum Gasteiger partial charge on any atom is -0.508 e. The monoisotopic (exact) mass is 601 g/mol. The number of hydrogen-bond donors (Lipinski definition) is 1. The summed E-state index contributed by atoms with van der Waals surface area (Å²) in [7, 11) is 0. The summed E-state index contributed by atoms with van der Waals surface area (Å²) in [4.78, 5) is 18.0. The molecule has 11 heteroatoms. The molecule has 1 saturated carbocycles. The predicted molar refractivity (Wildman–Crippen MR) is 159 cm³/mol. The Morgan fingerprint density at radius 2 is 2.07 bits per heavy atom. The van der Waals surface area contributed by atoms with Crippen LogP contribution in [-0.4, -0.2) is 81.7 Å². The second kappa shape index (κ2) is 9.94. The number of morpholine rings is 1. The highest BCUT2D eigenvalue weighted by Crippen LogP contribution is 2.44. The number of fused-ring (bicyclic) bond motifs is 4. The Morgan fingerprint density at radius 1 is 1.20 bits per heavy atom. The minimum absolute atomic E-state index is 0.0116. The summed E-state index contributed by atoms with van der Waals surface area (Å²) in [5, 5.41) is 11.7. The van der Waals surface area contributed by atoms with Crippen molar-refractivity contribution in [2.45, 2.75) is 56.5 Å². The lowest BCUT2D eigenvalue weighted by molar-refractivity contribution is 0.102. The third-order valence-corrected chi connectivity index (χ3v) is 9.65. The van der Waals surface area contributed by atoms with Gasteiger partial charge in [-0.1, -0.05) is 5.92 Å². The zero-order valence-corrected chi connectivity index (χ0v) is 24.1. The molecule has 44 heavy (non-hydrogen) atoms. The van der Waals surface area contributed by atoms with Gasteiger partial charge in [0.05, 0.1) is 35.2 Å². The van der Waals surface area contributed by atoms with Crippen molar-refractivity contribution >= 4 is 27.5 Å². The molecule has 2 aromatic carbocycles. The van der Waals surface area contributed by atoms with Crippen molar-refractivity contribution in [2.75, 3.05) is 37.7 Å². The lowest BCUT2D eigenvalue weighted by atomic mass is 9.94. The fourth-order valence-corrected chi connectivity index (χ4v) is 7.51. The largest absolute Gasteiger partial charge is 0.508 e. The molecule has 4 fully saturated rings. The van der Waals surface area contributed by atoms with Crippen molar-refractivity contribution in [1.82, 2.24) is 19.9 Å². The number of benzene rings is 2. The maximum Gasteiger partial charge on any atom is 0.319 e. The van der Waals surface area contributed by atoms with E-state index in [1.807, 2.05) is 0 Å². The molecular weight excluding hydrogens is 571 g/mol. The highest BCUT2D eigenvalue weighted by Gasteiger charge is 2.50. The number of phenolic OH excluding ortho intramolecular Hbond substituents is 1. The van der Waals surface area contributed by atoms with Crippen LogP contribution in [0.4, 0.5) is 19.0 Å². The SMILES string of the molecule is C#Cc1c(F)c(C)cc2cc(O)cc(-c3ncc4c(N5CCOC6CC65)nc(OC[C@@]56CCCN5C[C@H](F)C6)nc4c3F)c12. The van der Waals surface area contributed by atoms with Gasteiger partial charge in [0.1, 0.15) is 41.4 Å². The quantitative estimate of drug-likeness (QED) is 0.319. The standard InChI is InChI=1S/C33H30F3N5O3/c1-3-21-26-18(9-17(2)27(21)35)10-20(42)11-22(26)29-28(36)30-23(14-37-29)31(41-7-8-43-25-12-24(25)41)39-32(38-30)44-16-33-5-4-6-40(33)15-19(34)13-33/h1,9-11,14,19,24-25,42H,4-8,12-13,15-16H2,2H3/t19-,24?,25?,33+/m1/s1. The molecule has 0 bridgehead atoms. The number of halogens is 3. The Kier molecular flexibility index (Phi) is 6.19. The highest BCUT2D eigenvalue weighted by molar-refractivity contribution is 6.03. The number of phenols is 1. The van der Waals surface area contributed by atoms with Crippen LogP contribution in [0.25, 0.3) is 32.9 Å². The normalized spacial score (nSPS) is 26.2. The number of nitrogens with zero attached hydrogens (tertiary/aromatic N) is 5. The number of ether oxygens (including phenoxy) is 2. The number of aryl methyl sites for hydroxylation is 1. The number of pyridine rings is 1. The van der Waals surface area contributed by atoms with E-state index in [9.17, 15) is 9.50 Å². The molecule has 4 aromatic rings. The van der Waals surface area contributed by atoms with Gasteiger partial charge >= 0.3 is 6.01 Å². The smallest absolute Gasteiger partial charge is 0.319 e. The molecule has 4 atom stereocenters. The summed E-state index contributed by atoms with van der Waals surface area (Å²) in [6.07, 6.45) is 9.36. The summed E-state index contributed by atoms with van der Waals surface area (Å²) in [5.74, 6) is 1.36. The first kappa shape index (κ1) is 27.4. The van der Waals surface area contributed by atoms with Gasteiger partial charge in [0.15, 0.2) is 5.82 Å². The number of rotatable bonds is 5. The molecule has 226 valence electrons. The zero-order chi connectivity index (χ0) is 30.3. The molecule has 0 radical (unpaired) electrons. The maximum atomic E-state index is 16.7. The molecule has 5 heterocycles. The summed E-state index contributed by atoms with van der Waals surface area (Å²) in [6, 6.07) is 4.43. The van der Waals surface area contributed by atoms with Crippen LogP contribution in [0.2, 0.25) is 0 Å². The van der Waals surface area contributed by atoms with Gasteiger partial charge in [0.2, 0.25) is 0 Å². The third kappa shape index (κ3) is 4.19. The van der Waals surface area contributed by atoms with Gasteiger partial charge in [-0.15, -0.1) is 6.42 Å². The highest BCUT2D eigenvalue weighted by atomic mass is 19.1. The number of terminal acetylenes is 1. The van der Waals surface area contributed by atoms with Crippen molar-refractivity contribution in [3.63, 3.8) is 0 Å². The predicted octanol–water partition coefficient (Wildman–Crippen LogP) is 5.05. The lowest BCUT2D eigenvalue weighted by Gasteiger charge is -2.31. The molecule has 2 unspecified atom stereocenters. The van der Waals surface area contributed by atoms with Gasteiger partial charge in [0.25, 0.3) is 0 Å². The van der Waals surface area contributed by atoms with Crippen LogP contribution < -0.4 is 9.64 Å². The van der Waals surface area contributed by atoms with Gasteiger partial charge in [-0.25, -0.2) is 13.2 Å². The number of hydrogen-bond acceptors (Lipinski definition) is 8. The van der Waals surface area contributed by atoms with Crippen molar-refractivity contribution < 1.29 is 27.8 Å². The van der Waals surface area contributed by atoms with Gasteiger partial charge < -0.3 is 19.5 Å². The molecule has 8 nitrogen and oxygen atoms in total. The van der Waals surface area contributed by atoms with E-state index in [0.717, 1.165) is 25.8 Å². The molecule has 0 amide bonds. The van der Waals surface area contributed by atoms with Crippen molar-refractivity contribution in [3.8, 4) is 35.4 Å². The van der Waals surface area contributed by atoms with Crippen LogP contribution in [0.5, 0.6) is 11.8 Å². The first-order valence-electron chi connectivity index (χ1n) is 15.0. The summed E-state index contributed by atoms with van der Waals surface area (Å²) in [6.45, 7) is 4.01. The van der Waals surface area contributed by atoms with E-state index < -0.39 is 23.3 Å². The van der Waals surface area contributed by atoms with Crippen molar-refractivity contribution in [1.29, 1.82) is 0 Å². The number of aromatic nitrogens is 3. The van der Waals surface area contributed by atoms with Gasteiger partial charge in [-0.2, -0.15) is 9.97 Å². The first-order valence-corrected chi connectivity index (χ1v) is 15.0. The van der Waals surface area contributed by atoms with Crippen molar-refractivity contribution in [2.24, 2.45) is 0 Å². The minimum atomic E-state index is -0.920. The van der Waals surface area contributed by atoms with E-state index in [2.05, 4.69) is 25.7 Å². The van der Waals surface area contributed by atoms with E-state index >= 15 is 8.78 Å². The Labute approximate surface area is 251 Å². The van der Waals surface area contributed by atoms with E-state index in [1.165, 1.54) is 18.3 Å². The Balaban J connectivity index is 1.29. The lowest BCUT2D eigenvalue weighted by Crippen LogP contribution is -2.43. The molecule has 0 spiro atoms. The topological polar surface area (TPSA) is 83.8 Å². The second-order valence-electron chi connectivity index (χ2n) is 12.4. The van der Waals surface area contributed by atoms with Crippen LogP contribution in [0.1, 0.15) is 36.8 Å². The number of aromatic hydroxyl groups is 1. The van der Waals surface area contributed by atoms with Crippen LogP contribution in [0, 0.1) is 30.9 Å². The fraction of sp³-hybridized carbons (Fsp3) is 0.424. The first-order chi connectivity index (χ1) is 21.3. The van der Waals surface area contributed by atoms with E-state index in [-0.39, 0.29) is 58.2 Å². The van der Waals surface area contributed by atoms with Crippen LogP contribution in [0.3, 0.4) is 0 Å². The third-order valence-electron chi connectivity index (χ3n) is 9.65. The molecule has 1 N–H and O–H groups in total. The van der Waals surface area contributed by atoms with Gasteiger partial charge in [-0.3, -0.25) is 9.88 Å². The summed E-state index contributed by atoms with van der Waals surface area (Å²) in [5.41, 5.74) is -0.201. The van der Waals surface area contributed by atoms with Crippen molar-refractivity contribution in [3.05, 3.63) is 47.2 Å². The Hall–Kier alpha value is -4.14. The zero-order valence-electron chi connectivity index (χ0n) is 24.1. The molecule has 3 saturated heterocycles. The van der Waals surface area contributed by atoms with E-state index in [1.54, 1.807) is 13.0 Å². The maximum absolute atomic E-state index is 16.7. The number of alkyl halides is 1. The molecule has 2 aromatic heterocycles. The van der Waals surface area contributed by atoms with Gasteiger partial charge in [-0.05, 0) is 61.9 Å². The Morgan fingerprint density at radius 3 is 2.91 bits per heavy atom. The summed E-state index contributed by atoms with van der Waals surface area (Å²) < 4.78 is 58.3. The molecule has 3 aliphatic heterocycles. The van der Waals surface area contributed by atoms with Crippen LogP contribution in [-0.2, 0) is 4.74 Å². The van der Waals surface area contributed by atoms with Crippen LogP contribution >= 0.6 is 0 Å². The fourth-order valence-electron chi connectivity index (χ4n) is 7.51. The number of anilines is 1. The summed E-state index contributed by atoms with van der Waals surface area (Å²) >= 11 is 0. The molecule has 4 aliphatic rings. The molecule has 8 rings (SSSR count). The molecule has 1 aliphatic carbocycles.